The second kappa shape index (κ2) is 9.40. The van der Waals surface area contributed by atoms with E-state index in [1.807, 2.05) is 12.1 Å². The minimum atomic E-state index is -2.01. The van der Waals surface area contributed by atoms with Gasteiger partial charge in [-0.2, -0.15) is 0 Å². The highest BCUT2D eigenvalue weighted by Gasteiger charge is 2.76. The molecule has 218 valence electrons. The van der Waals surface area contributed by atoms with Crippen molar-refractivity contribution in [3.8, 4) is 5.75 Å². The van der Waals surface area contributed by atoms with Crippen LogP contribution in [-0.2, 0) is 19.2 Å². The monoisotopic (exact) mass is 618 g/mol. The summed E-state index contributed by atoms with van der Waals surface area (Å²) in [6.45, 7) is 0. The number of fused-ring (bicyclic) bond motifs is 5. The van der Waals surface area contributed by atoms with Gasteiger partial charge in [0.25, 0.3) is 11.8 Å². The van der Waals surface area contributed by atoms with E-state index in [-0.39, 0.29) is 29.7 Å². The summed E-state index contributed by atoms with van der Waals surface area (Å²) >= 11 is 14.4. The molecule has 4 amide bonds. The topological polar surface area (TPSA) is 135 Å². The number of rotatable bonds is 3. The third kappa shape index (κ3) is 3.55. The molecule has 3 aromatic rings. The molecule has 3 N–H and O–H groups in total. The van der Waals surface area contributed by atoms with E-state index in [4.69, 9.17) is 23.2 Å². The fraction of sp³-hybridized carbons (Fsp3) is 0.290. The maximum absolute atomic E-state index is 14.1. The molecule has 2 saturated heterocycles. The summed E-state index contributed by atoms with van der Waals surface area (Å²) in [6, 6.07) is 16.5. The fourth-order valence-corrected chi connectivity index (χ4v) is 8.68. The first kappa shape index (κ1) is 28.1. The van der Waals surface area contributed by atoms with Crippen LogP contribution in [-0.4, -0.2) is 67.6 Å². The Morgan fingerprint density at radius 3 is 2.40 bits per heavy atom. The van der Waals surface area contributed by atoms with Gasteiger partial charge in [0, 0.05) is 23.9 Å². The van der Waals surface area contributed by atoms with Crippen LogP contribution in [0.15, 0.2) is 72.3 Å². The van der Waals surface area contributed by atoms with E-state index in [1.54, 1.807) is 30.3 Å². The zero-order chi connectivity index (χ0) is 30.6. The lowest BCUT2D eigenvalue weighted by molar-refractivity contribution is -0.138. The summed E-state index contributed by atoms with van der Waals surface area (Å²) in [6.07, 6.45) is 1.78. The average Bonchev–Trinajstić information content (AvgIpc) is 3.33. The number of aromatic hydroxyl groups is 1. The zero-order valence-electron chi connectivity index (χ0n) is 22.8. The van der Waals surface area contributed by atoms with Gasteiger partial charge in [-0.3, -0.25) is 29.0 Å². The van der Waals surface area contributed by atoms with Gasteiger partial charge in [-0.05, 0) is 41.7 Å². The Bertz CT molecular complexity index is 1810. The van der Waals surface area contributed by atoms with Crippen LogP contribution in [0.25, 0.3) is 10.8 Å². The van der Waals surface area contributed by atoms with E-state index in [2.05, 4.69) is 0 Å². The van der Waals surface area contributed by atoms with Crippen molar-refractivity contribution in [3.63, 3.8) is 0 Å². The average molecular weight is 619 g/mol. The van der Waals surface area contributed by atoms with Crippen molar-refractivity contribution in [1.82, 2.24) is 4.90 Å². The lowest BCUT2D eigenvalue weighted by Crippen LogP contribution is -2.60. The molecule has 0 spiro atoms. The first-order chi connectivity index (χ1) is 20.4. The van der Waals surface area contributed by atoms with Crippen molar-refractivity contribution < 1.29 is 34.3 Å². The van der Waals surface area contributed by atoms with Gasteiger partial charge in [0.1, 0.15) is 5.75 Å². The van der Waals surface area contributed by atoms with E-state index >= 15 is 0 Å². The van der Waals surface area contributed by atoms with Gasteiger partial charge in [0.2, 0.25) is 11.8 Å². The van der Waals surface area contributed by atoms with Crippen LogP contribution in [0.4, 0.5) is 5.69 Å². The van der Waals surface area contributed by atoms with Crippen LogP contribution in [0.2, 0.25) is 0 Å². The smallest absolute Gasteiger partial charge is 0.488 e. The van der Waals surface area contributed by atoms with Crippen LogP contribution >= 0.6 is 23.2 Å². The number of halogens is 2. The predicted molar refractivity (Wildman–Crippen MR) is 160 cm³/mol. The molecule has 2 heterocycles. The lowest BCUT2D eigenvalue weighted by Gasteiger charge is -2.50. The van der Waals surface area contributed by atoms with Gasteiger partial charge < -0.3 is 15.2 Å². The van der Waals surface area contributed by atoms with E-state index in [9.17, 15) is 34.3 Å². The van der Waals surface area contributed by atoms with Crippen LogP contribution in [0, 0.1) is 17.8 Å². The minimum absolute atomic E-state index is 0.112. The fourth-order valence-electron chi connectivity index (χ4n) is 7.67. The Labute approximate surface area is 256 Å². The van der Waals surface area contributed by atoms with E-state index in [0.717, 1.165) is 15.2 Å². The number of likely N-dealkylation sites (tertiary alicyclic amines) is 1. The first-order valence-electron chi connectivity index (χ1n) is 13.9. The Balaban J connectivity index is 1.40. The molecule has 3 fully saturated rings. The number of nitrogens with zero attached hydrogens (tertiary/aromatic N) is 2. The summed E-state index contributed by atoms with van der Waals surface area (Å²) in [4.78, 5) is 53.2. The van der Waals surface area contributed by atoms with Gasteiger partial charge in [0.15, 0.2) is 9.75 Å². The van der Waals surface area contributed by atoms with Crippen molar-refractivity contribution in [2.75, 3.05) is 11.9 Å². The summed E-state index contributed by atoms with van der Waals surface area (Å²) < 4.78 is 0. The molecule has 3 aromatic carbocycles. The number of carbonyl (C=O) groups is 4. The predicted octanol–water partition coefficient (Wildman–Crippen LogP) is 2.42. The maximum atomic E-state index is 14.1. The number of allylic oxidation sites excluding steroid dienone is 2. The standard InChI is InChI=1S/C31H25BCl2N2O7/c1-35-28(40)30(33)14-22-19(24(31(30,34)29(35)41)21-10-9-15-5-2-3-8-18(15)25(21)37)11-12-20-23(22)27(39)36(26(20)38)17-7-4-6-16(13-17)32(42)43/h2-11,13,20,22-24,37,42-43H,12,14H2,1H3. The van der Waals surface area contributed by atoms with E-state index in [1.165, 1.54) is 31.3 Å². The number of phenols is 1. The molecule has 1 saturated carbocycles. The maximum Gasteiger partial charge on any atom is 0.488 e. The third-order valence-electron chi connectivity index (χ3n) is 9.68. The van der Waals surface area contributed by atoms with Crippen LogP contribution < -0.4 is 10.4 Å². The quantitative estimate of drug-likeness (QED) is 0.178. The summed E-state index contributed by atoms with van der Waals surface area (Å²) in [5.41, 5.74) is 1.16. The van der Waals surface area contributed by atoms with Crippen molar-refractivity contribution in [2.45, 2.75) is 28.5 Å². The molecule has 0 aromatic heterocycles. The largest absolute Gasteiger partial charge is 0.507 e. The normalized spacial score (nSPS) is 31.7. The highest BCUT2D eigenvalue weighted by atomic mass is 35.5. The molecular weight excluding hydrogens is 594 g/mol. The minimum Gasteiger partial charge on any atom is -0.507 e. The summed E-state index contributed by atoms with van der Waals surface area (Å²) in [5.74, 6) is -6.05. The van der Waals surface area contributed by atoms with Gasteiger partial charge in [-0.1, -0.05) is 60.2 Å². The van der Waals surface area contributed by atoms with Gasteiger partial charge in [0.05, 0.1) is 17.5 Å². The number of hydrogen-bond donors (Lipinski definition) is 3. The number of hydrogen-bond acceptors (Lipinski definition) is 7. The van der Waals surface area contributed by atoms with E-state index in [0.29, 0.717) is 16.5 Å². The third-order valence-corrected chi connectivity index (χ3v) is 11.1. The Morgan fingerprint density at radius 1 is 0.907 bits per heavy atom. The molecule has 4 aliphatic rings. The number of phenolic OH excluding ortho intramolecular Hbond substituents is 1. The van der Waals surface area contributed by atoms with Crippen molar-refractivity contribution in [2.24, 2.45) is 17.8 Å². The molecule has 12 heteroatoms. The molecule has 6 atom stereocenters. The second-order valence-corrected chi connectivity index (χ2v) is 12.9. The molecule has 43 heavy (non-hydrogen) atoms. The highest BCUT2D eigenvalue weighted by molar-refractivity contribution is 6.58. The molecule has 0 bridgehead atoms. The number of alkyl halides is 2. The number of benzene rings is 3. The van der Waals surface area contributed by atoms with Gasteiger partial charge in [-0.25, -0.2) is 0 Å². The highest BCUT2D eigenvalue weighted by Crippen LogP contribution is 2.66. The van der Waals surface area contributed by atoms with Crippen molar-refractivity contribution in [3.05, 3.63) is 77.9 Å². The molecule has 2 aliphatic carbocycles. The summed E-state index contributed by atoms with van der Waals surface area (Å²) in [5, 5.41) is 32.2. The number of carbonyl (C=O) groups excluding carboxylic acids is 4. The number of anilines is 1. The van der Waals surface area contributed by atoms with Crippen molar-refractivity contribution >= 4 is 75.9 Å². The Hall–Kier alpha value is -3.70. The SMILES string of the molecule is CN1C(=O)C2(Cl)CC3C(=CCC4C(=O)N(c5cccc(B(O)O)c5)C(=O)C43)C(c3ccc4ccccc4c3O)C2(Cl)C1=O. The molecule has 9 nitrogen and oxygen atoms in total. The van der Waals surface area contributed by atoms with Crippen molar-refractivity contribution in [1.29, 1.82) is 0 Å². The zero-order valence-corrected chi connectivity index (χ0v) is 24.3. The molecular formula is C31H25BCl2N2O7. The van der Waals surface area contributed by atoms with Gasteiger partial charge >= 0.3 is 7.12 Å². The summed E-state index contributed by atoms with van der Waals surface area (Å²) in [7, 11) is -0.489. The first-order valence-corrected chi connectivity index (χ1v) is 14.6. The molecule has 2 aliphatic heterocycles. The number of amides is 4. The molecule has 0 radical (unpaired) electrons. The number of imide groups is 2. The van der Waals surface area contributed by atoms with Crippen LogP contribution in [0.3, 0.4) is 0 Å². The molecule has 6 unspecified atom stereocenters. The Morgan fingerprint density at radius 2 is 1.65 bits per heavy atom. The second-order valence-electron chi connectivity index (χ2n) is 11.7. The van der Waals surface area contributed by atoms with Crippen LogP contribution in [0.1, 0.15) is 24.3 Å². The molecule has 7 rings (SSSR count). The van der Waals surface area contributed by atoms with Crippen LogP contribution in [0.5, 0.6) is 5.75 Å². The van der Waals surface area contributed by atoms with E-state index < -0.39 is 64.2 Å². The lowest BCUT2D eigenvalue weighted by atomic mass is 9.56. The van der Waals surface area contributed by atoms with Gasteiger partial charge in [-0.15, -0.1) is 23.2 Å². The Kier molecular flexibility index (Phi) is 6.14.